The Balaban J connectivity index is 0.00000729. The maximum atomic E-state index is 5.85. The highest BCUT2D eigenvalue weighted by molar-refractivity contribution is 5.20. The molecule has 0 spiro atoms. The van der Waals surface area contributed by atoms with E-state index in [-0.39, 0.29) is 12.4 Å². The number of hydrogen-bond donors (Lipinski definition) is 0. The average Bonchev–Trinajstić information content (AvgIpc) is 2.66. The Kier molecular flexibility index (Phi) is 17.8. The second-order valence-corrected chi connectivity index (χ2v) is 8.79. The van der Waals surface area contributed by atoms with Crippen molar-refractivity contribution in [3.63, 3.8) is 0 Å². The van der Waals surface area contributed by atoms with E-state index in [4.69, 9.17) is 4.74 Å². The molecule has 0 bridgehead atoms. The van der Waals surface area contributed by atoms with Crippen LogP contribution < -0.4 is 17.1 Å². The summed E-state index contributed by atoms with van der Waals surface area (Å²) in [4.78, 5) is 0. The highest BCUT2D eigenvalue weighted by atomic mass is 35.5. The molecule has 0 aliphatic carbocycles. The lowest BCUT2D eigenvalue weighted by atomic mass is 10.0. The van der Waals surface area contributed by atoms with E-state index in [0.29, 0.717) is 0 Å². The van der Waals surface area contributed by atoms with E-state index in [1.807, 2.05) is 30.3 Å². The fourth-order valence-corrected chi connectivity index (χ4v) is 3.60. The zero-order valence-electron chi connectivity index (χ0n) is 18.9. The molecule has 0 heterocycles. The zero-order chi connectivity index (χ0) is 19.6. The number of rotatable bonds is 18. The summed E-state index contributed by atoms with van der Waals surface area (Å²) in [6.07, 6.45) is 18.5. The summed E-state index contributed by atoms with van der Waals surface area (Å²) in [5, 5.41) is 0. The van der Waals surface area contributed by atoms with Crippen LogP contribution in [-0.2, 0) is 0 Å². The van der Waals surface area contributed by atoms with Gasteiger partial charge in [0, 0.05) is 0 Å². The Hall–Kier alpha value is -0.730. The molecule has 3 heteroatoms. The quantitative estimate of drug-likeness (QED) is 0.259. The third-order valence-electron chi connectivity index (χ3n) is 5.58. The van der Waals surface area contributed by atoms with Crippen molar-refractivity contribution in [1.29, 1.82) is 0 Å². The summed E-state index contributed by atoms with van der Waals surface area (Å²) in [7, 11) is 4.66. The molecule has 1 aromatic carbocycles. The first-order valence-electron chi connectivity index (χ1n) is 11.6. The van der Waals surface area contributed by atoms with E-state index in [1.54, 1.807) is 0 Å². The van der Waals surface area contributed by atoms with Gasteiger partial charge in [-0.05, 0) is 25.0 Å². The second kappa shape index (κ2) is 18.3. The van der Waals surface area contributed by atoms with E-state index >= 15 is 0 Å². The second-order valence-electron chi connectivity index (χ2n) is 8.79. The van der Waals surface area contributed by atoms with E-state index < -0.39 is 0 Å². The van der Waals surface area contributed by atoms with Gasteiger partial charge in [-0.15, -0.1) is 0 Å². The fraction of sp³-hybridized carbons (Fsp3) is 0.760. The molecule has 2 nitrogen and oxygen atoms in total. The highest BCUT2D eigenvalue weighted by Crippen LogP contribution is 2.13. The minimum Gasteiger partial charge on any atom is -1.00 e. The van der Waals surface area contributed by atoms with Gasteiger partial charge in [0.25, 0.3) is 0 Å². The summed E-state index contributed by atoms with van der Waals surface area (Å²) < 4.78 is 6.91. The first-order valence-corrected chi connectivity index (χ1v) is 11.6. The standard InChI is InChI=1S/C25H46NO.ClH/c1-4-5-6-7-8-9-10-11-12-13-14-15-19-22-26(2,3)23-24-27-25-20-17-16-18-21-25;/h16-18,20-21H,4-15,19,22-24H2,1-3H3;1H/q+1;/p-1. The molecule has 0 saturated carbocycles. The maximum absolute atomic E-state index is 5.85. The molecule has 0 radical (unpaired) electrons. The Morgan fingerprint density at radius 3 is 1.61 bits per heavy atom. The fourth-order valence-electron chi connectivity index (χ4n) is 3.60. The first kappa shape index (κ1) is 27.3. The molecule has 164 valence electrons. The van der Waals surface area contributed by atoms with Gasteiger partial charge in [-0.1, -0.05) is 95.8 Å². The van der Waals surface area contributed by atoms with Crippen LogP contribution in [0.4, 0.5) is 0 Å². The molecule has 0 amide bonds. The number of unbranched alkanes of at least 4 members (excludes halogenated alkanes) is 12. The number of halogens is 1. The van der Waals surface area contributed by atoms with Crippen LogP contribution in [0.2, 0.25) is 0 Å². The van der Waals surface area contributed by atoms with Gasteiger partial charge in [0.2, 0.25) is 0 Å². The topological polar surface area (TPSA) is 9.23 Å². The molecule has 0 aliphatic rings. The van der Waals surface area contributed by atoms with Gasteiger partial charge in [0.1, 0.15) is 18.9 Å². The summed E-state index contributed by atoms with van der Waals surface area (Å²) in [5.41, 5.74) is 0. The number of ether oxygens (including phenoxy) is 1. The van der Waals surface area contributed by atoms with Gasteiger partial charge >= 0.3 is 0 Å². The van der Waals surface area contributed by atoms with Crippen molar-refractivity contribution in [3.05, 3.63) is 30.3 Å². The minimum atomic E-state index is 0. The molecule has 0 fully saturated rings. The van der Waals surface area contributed by atoms with Gasteiger partial charge in [-0.2, -0.15) is 0 Å². The number of para-hydroxylation sites is 1. The molecule has 0 atom stereocenters. The van der Waals surface area contributed by atoms with Crippen molar-refractivity contribution in [2.24, 2.45) is 0 Å². The predicted molar refractivity (Wildman–Crippen MR) is 119 cm³/mol. The molecule has 1 aromatic rings. The summed E-state index contributed by atoms with van der Waals surface area (Å²) in [6.45, 7) is 5.43. The average molecular weight is 412 g/mol. The van der Waals surface area contributed by atoms with E-state index in [2.05, 4.69) is 21.0 Å². The van der Waals surface area contributed by atoms with Gasteiger partial charge in [-0.25, -0.2) is 0 Å². The SMILES string of the molecule is CCCCCCCCCCCCCCC[N+](C)(C)CCOc1ccccc1.[Cl-]. The first-order chi connectivity index (χ1) is 13.1. The Morgan fingerprint density at radius 1 is 0.643 bits per heavy atom. The van der Waals surface area contributed by atoms with Crippen LogP contribution in [0.1, 0.15) is 90.4 Å². The lowest BCUT2D eigenvalue weighted by Crippen LogP contribution is -3.00. The van der Waals surface area contributed by atoms with Crippen LogP contribution in [-0.4, -0.2) is 38.3 Å². The molecule has 1 rings (SSSR count). The minimum absolute atomic E-state index is 0. The maximum Gasteiger partial charge on any atom is 0.137 e. The molecule has 0 aromatic heterocycles. The van der Waals surface area contributed by atoms with Gasteiger partial charge < -0.3 is 21.6 Å². The van der Waals surface area contributed by atoms with Crippen LogP contribution in [0.15, 0.2) is 30.3 Å². The van der Waals surface area contributed by atoms with E-state index in [1.165, 1.54) is 90.0 Å². The van der Waals surface area contributed by atoms with Crippen LogP contribution in [0.3, 0.4) is 0 Å². The van der Waals surface area contributed by atoms with Crippen LogP contribution in [0, 0.1) is 0 Å². The smallest absolute Gasteiger partial charge is 0.137 e. The molecular formula is C25H46ClNO. The summed E-state index contributed by atoms with van der Waals surface area (Å²) >= 11 is 0. The lowest BCUT2D eigenvalue weighted by Gasteiger charge is -2.29. The van der Waals surface area contributed by atoms with Crippen molar-refractivity contribution in [2.75, 3.05) is 33.8 Å². The van der Waals surface area contributed by atoms with Gasteiger partial charge in [0.05, 0.1) is 20.6 Å². The Labute approximate surface area is 182 Å². The lowest BCUT2D eigenvalue weighted by molar-refractivity contribution is -0.890. The summed E-state index contributed by atoms with van der Waals surface area (Å²) in [5.74, 6) is 0.985. The van der Waals surface area contributed by atoms with E-state index in [0.717, 1.165) is 23.4 Å². The normalized spacial score (nSPS) is 11.2. The van der Waals surface area contributed by atoms with Gasteiger partial charge in [-0.3, -0.25) is 0 Å². The van der Waals surface area contributed by atoms with Gasteiger partial charge in [0.15, 0.2) is 0 Å². The highest BCUT2D eigenvalue weighted by Gasteiger charge is 2.14. The third kappa shape index (κ3) is 16.2. The van der Waals surface area contributed by atoms with Crippen molar-refractivity contribution in [2.45, 2.75) is 90.4 Å². The van der Waals surface area contributed by atoms with Crippen LogP contribution in [0.5, 0.6) is 5.75 Å². The van der Waals surface area contributed by atoms with E-state index in [9.17, 15) is 0 Å². The van der Waals surface area contributed by atoms with Crippen LogP contribution in [0.25, 0.3) is 0 Å². The molecule has 0 aliphatic heterocycles. The monoisotopic (exact) mass is 411 g/mol. The molecule has 28 heavy (non-hydrogen) atoms. The zero-order valence-corrected chi connectivity index (χ0v) is 19.7. The van der Waals surface area contributed by atoms with Crippen molar-refractivity contribution in [3.8, 4) is 5.75 Å². The number of hydrogen-bond acceptors (Lipinski definition) is 1. The van der Waals surface area contributed by atoms with Crippen molar-refractivity contribution >= 4 is 0 Å². The Bertz CT molecular complexity index is 435. The van der Waals surface area contributed by atoms with Crippen molar-refractivity contribution in [1.82, 2.24) is 0 Å². The Morgan fingerprint density at radius 2 is 1.11 bits per heavy atom. The molecule has 0 unspecified atom stereocenters. The number of nitrogens with zero attached hydrogens (tertiary/aromatic N) is 1. The largest absolute Gasteiger partial charge is 1.00 e. The predicted octanol–water partition coefficient (Wildman–Crippen LogP) is 4.24. The number of likely N-dealkylation sites (N-methyl/N-ethyl adjacent to an activating group) is 1. The number of benzene rings is 1. The third-order valence-corrected chi connectivity index (χ3v) is 5.58. The number of quaternary nitrogens is 1. The summed E-state index contributed by atoms with van der Waals surface area (Å²) in [6, 6.07) is 10.2. The van der Waals surface area contributed by atoms with Crippen molar-refractivity contribution < 1.29 is 21.6 Å². The van der Waals surface area contributed by atoms with Crippen LogP contribution >= 0.6 is 0 Å². The molecular weight excluding hydrogens is 366 g/mol. The molecule has 0 N–H and O–H groups in total. The molecule has 0 saturated heterocycles.